The predicted molar refractivity (Wildman–Crippen MR) is 38.2 cm³/mol. The highest BCUT2D eigenvalue weighted by Crippen LogP contribution is 1.84. The summed E-state index contributed by atoms with van der Waals surface area (Å²) in [6, 6.07) is 0. The number of aliphatic imine (C=N–C) groups is 1. The zero-order valence-corrected chi connectivity index (χ0v) is 5.83. The van der Waals surface area contributed by atoms with E-state index >= 15 is 0 Å². The van der Waals surface area contributed by atoms with Crippen LogP contribution in [0, 0.1) is 0 Å². The highest BCUT2D eigenvalue weighted by atomic mass is 16.3. The maximum atomic E-state index is 8.54. The molecule has 0 bridgehead atoms. The Hall–Kier alpha value is -0.830. The molecule has 3 nitrogen and oxygen atoms in total. The van der Waals surface area contributed by atoms with E-state index in [4.69, 9.17) is 5.11 Å². The van der Waals surface area contributed by atoms with Gasteiger partial charge in [0.05, 0.1) is 0 Å². The van der Waals surface area contributed by atoms with Gasteiger partial charge >= 0.3 is 0 Å². The largest absolute Gasteiger partial charge is 0.376 e. The number of amidine groups is 1. The minimum absolute atomic E-state index is 0.0107. The zero-order chi connectivity index (χ0) is 7.28. The maximum absolute atomic E-state index is 8.54. The molecule has 0 atom stereocenters. The van der Waals surface area contributed by atoms with Crippen LogP contribution in [0.2, 0.25) is 0 Å². The van der Waals surface area contributed by atoms with E-state index < -0.39 is 0 Å². The summed E-state index contributed by atoms with van der Waals surface area (Å²) in [5.41, 5.74) is 0. The molecule has 0 aliphatic rings. The molecule has 1 N–H and O–H groups in total. The molecule has 0 heterocycles. The Morgan fingerprint density at radius 3 is 2.78 bits per heavy atom. The summed E-state index contributed by atoms with van der Waals surface area (Å²) in [5.74, 6) is 0.757. The number of aliphatic hydroxyl groups is 1. The molecule has 0 saturated heterocycles. The number of hydrogen-bond acceptors (Lipinski definition) is 2. The third-order valence-corrected chi connectivity index (χ3v) is 1.04. The van der Waals surface area contributed by atoms with Crippen LogP contribution in [0.15, 0.2) is 17.8 Å². The van der Waals surface area contributed by atoms with Crippen LogP contribution in [0.5, 0.6) is 0 Å². The van der Waals surface area contributed by atoms with E-state index in [0.717, 1.165) is 5.84 Å². The monoisotopic (exact) mass is 128 g/mol. The average Bonchev–Trinajstić information content (AvgIpc) is 1.87. The quantitative estimate of drug-likeness (QED) is 0.332. The van der Waals surface area contributed by atoms with Gasteiger partial charge in [-0.1, -0.05) is 6.58 Å². The van der Waals surface area contributed by atoms with Gasteiger partial charge < -0.3 is 10.0 Å². The van der Waals surface area contributed by atoms with Crippen LogP contribution in [0.1, 0.15) is 6.92 Å². The van der Waals surface area contributed by atoms with Crippen molar-refractivity contribution in [1.82, 2.24) is 4.90 Å². The minimum Gasteiger partial charge on any atom is -0.376 e. The zero-order valence-electron chi connectivity index (χ0n) is 5.83. The van der Waals surface area contributed by atoms with Gasteiger partial charge in [-0.3, -0.25) is 0 Å². The molecule has 0 unspecified atom stereocenters. The van der Waals surface area contributed by atoms with Crippen LogP contribution in [-0.2, 0) is 0 Å². The first-order valence-electron chi connectivity index (χ1n) is 2.69. The van der Waals surface area contributed by atoms with E-state index in [-0.39, 0.29) is 6.73 Å². The molecule has 0 aromatic heterocycles. The molecule has 0 rings (SSSR count). The van der Waals surface area contributed by atoms with E-state index in [9.17, 15) is 0 Å². The van der Waals surface area contributed by atoms with E-state index in [1.54, 1.807) is 18.9 Å². The van der Waals surface area contributed by atoms with Gasteiger partial charge in [0, 0.05) is 13.2 Å². The van der Waals surface area contributed by atoms with Crippen molar-refractivity contribution in [2.75, 3.05) is 13.8 Å². The Kier molecular flexibility index (Phi) is 3.71. The highest BCUT2D eigenvalue weighted by Gasteiger charge is 1.93. The predicted octanol–water partition coefficient (Wildman–Crippen LogP) is 0.430. The summed E-state index contributed by atoms with van der Waals surface area (Å²) < 4.78 is 0. The summed E-state index contributed by atoms with van der Waals surface area (Å²) in [7, 11) is 1.75. The third-order valence-electron chi connectivity index (χ3n) is 1.04. The Morgan fingerprint density at radius 1 is 1.89 bits per heavy atom. The molecule has 0 aliphatic carbocycles. The lowest BCUT2D eigenvalue weighted by Crippen LogP contribution is -2.24. The second kappa shape index (κ2) is 4.09. The van der Waals surface area contributed by atoms with Crippen LogP contribution >= 0.6 is 0 Å². The molecule has 9 heavy (non-hydrogen) atoms. The van der Waals surface area contributed by atoms with Crippen LogP contribution in [-0.4, -0.2) is 29.6 Å². The summed E-state index contributed by atoms with van der Waals surface area (Å²) in [6.45, 7) is 5.21. The van der Waals surface area contributed by atoms with Gasteiger partial charge in [0.15, 0.2) is 0 Å². The van der Waals surface area contributed by atoms with Crippen molar-refractivity contribution in [2.24, 2.45) is 4.99 Å². The van der Waals surface area contributed by atoms with Crippen LogP contribution in [0.25, 0.3) is 0 Å². The fourth-order valence-corrected chi connectivity index (χ4v) is 0.333. The van der Waals surface area contributed by atoms with Crippen molar-refractivity contribution in [1.29, 1.82) is 0 Å². The normalized spacial score (nSPS) is 11.2. The number of hydrogen-bond donors (Lipinski definition) is 1. The second-order valence-corrected chi connectivity index (χ2v) is 1.70. The lowest BCUT2D eigenvalue weighted by Gasteiger charge is -2.13. The van der Waals surface area contributed by atoms with Crippen LogP contribution in [0.3, 0.4) is 0 Å². The van der Waals surface area contributed by atoms with E-state index in [1.807, 2.05) is 0 Å². The molecular weight excluding hydrogens is 116 g/mol. The Balaban J connectivity index is 3.84. The molecule has 0 amide bonds. The smallest absolute Gasteiger partial charge is 0.116 e. The van der Waals surface area contributed by atoms with Gasteiger partial charge in [-0.2, -0.15) is 0 Å². The highest BCUT2D eigenvalue weighted by molar-refractivity contribution is 5.79. The van der Waals surface area contributed by atoms with Crippen molar-refractivity contribution in [2.45, 2.75) is 6.92 Å². The third kappa shape index (κ3) is 2.87. The molecule has 0 aromatic rings. The summed E-state index contributed by atoms with van der Waals surface area (Å²) in [6.07, 6.45) is 1.45. The number of rotatable bonds is 2. The van der Waals surface area contributed by atoms with Crippen LogP contribution in [0.4, 0.5) is 0 Å². The topological polar surface area (TPSA) is 35.8 Å². The second-order valence-electron chi connectivity index (χ2n) is 1.70. The summed E-state index contributed by atoms with van der Waals surface area (Å²) >= 11 is 0. The van der Waals surface area contributed by atoms with Gasteiger partial charge in [0.1, 0.15) is 12.6 Å². The molecule has 0 saturated carbocycles. The lowest BCUT2D eigenvalue weighted by atomic mass is 10.6. The fourth-order valence-electron chi connectivity index (χ4n) is 0.333. The number of aliphatic hydroxyl groups excluding tert-OH is 1. The van der Waals surface area contributed by atoms with Crippen LogP contribution < -0.4 is 0 Å². The van der Waals surface area contributed by atoms with Crippen molar-refractivity contribution < 1.29 is 5.11 Å². The SMILES string of the molecule is C=C/N=C(/C)N(C)CO. The van der Waals surface area contributed by atoms with Gasteiger partial charge in [0.2, 0.25) is 0 Å². The van der Waals surface area contributed by atoms with Gasteiger partial charge in [-0.05, 0) is 6.92 Å². The molecule has 0 aromatic carbocycles. The standard InChI is InChI=1S/C6H12N2O/c1-4-7-6(2)8(3)5-9/h4,9H,1,5H2,2-3H3/b7-6-. The Morgan fingerprint density at radius 2 is 2.44 bits per heavy atom. The molecule has 3 heteroatoms. The fraction of sp³-hybridized carbons (Fsp3) is 0.500. The molecule has 52 valence electrons. The van der Waals surface area contributed by atoms with Crippen molar-refractivity contribution in [3.05, 3.63) is 12.8 Å². The maximum Gasteiger partial charge on any atom is 0.116 e. The Bertz CT molecular complexity index is 120. The molecule has 0 radical (unpaired) electrons. The Labute approximate surface area is 55.3 Å². The molecule has 0 fully saturated rings. The molecule has 0 aliphatic heterocycles. The summed E-state index contributed by atoms with van der Waals surface area (Å²) in [4.78, 5) is 5.45. The molecule has 0 spiro atoms. The van der Waals surface area contributed by atoms with E-state index in [0.29, 0.717) is 0 Å². The molecular formula is C6H12N2O. The minimum atomic E-state index is -0.0107. The van der Waals surface area contributed by atoms with Crippen molar-refractivity contribution in [3.63, 3.8) is 0 Å². The van der Waals surface area contributed by atoms with E-state index in [1.165, 1.54) is 6.20 Å². The van der Waals surface area contributed by atoms with Gasteiger partial charge in [0.25, 0.3) is 0 Å². The lowest BCUT2D eigenvalue weighted by molar-refractivity contribution is 0.191. The van der Waals surface area contributed by atoms with Crippen molar-refractivity contribution >= 4 is 5.84 Å². The number of nitrogens with zero attached hydrogens (tertiary/aromatic N) is 2. The van der Waals surface area contributed by atoms with E-state index in [2.05, 4.69) is 11.6 Å². The first-order valence-corrected chi connectivity index (χ1v) is 2.69. The first kappa shape index (κ1) is 8.17. The first-order chi connectivity index (χ1) is 4.22. The van der Waals surface area contributed by atoms with Gasteiger partial charge in [-0.25, -0.2) is 4.99 Å². The average molecular weight is 128 g/mol. The van der Waals surface area contributed by atoms with Gasteiger partial charge in [-0.15, -0.1) is 0 Å². The van der Waals surface area contributed by atoms with Crippen molar-refractivity contribution in [3.8, 4) is 0 Å². The summed E-state index contributed by atoms with van der Waals surface area (Å²) in [5, 5.41) is 8.54.